The summed E-state index contributed by atoms with van der Waals surface area (Å²) in [5.74, 6) is 1.00. The van der Waals surface area contributed by atoms with Gasteiger partial charge in [0.15, 0.2) is 0 Å². The van der Waals surface area contributed by atoms with Crippen LogP contribution in [0.1, 0.15) is 50.7 Å². The Morgan fingerprint density at radius 2 is 2.14 bits per heavy atom. The Balaban J connectivity index is 2.01. The van der Waals surface area contributed by atoms with Gasteiger partial charge in [-0.15, -0.1) is 0 Å². The van der Waals surface area contributed by atoms with Crippen molar-refractivity contribution in [1.29, 1.82) is 0 Å². The lowest BCUT2D eigenvalue weighted by molar-refractivity contribution is 0.233. The maximum atomic E-state index is 5.53. The molecule has 3 heteroatoms. The molecule has 0 saturated heterocycles. The van der Waals surface area contributed by atoms with Gasteiger partial charge in [-0.1, -0.05) is 19.4 Å². The normalized spacial score (nSPS) is 16.2. The van der Waals surface area contributed by atoms with E-state index < -0.39 is 0 Å². The molecule has 1 atom stereocenters. The Morgan fingerprint density at radius 1 is 1.38 bits per heavy atom. The monoisotopic (exact) mass is 290 g/mol. The molecule has 0 radical (unpaired) electrons. The van der Waals surface area contributed by atoms with Crippen LogP contribution in [-0.4, -0.2) is 31.1 Å². The van der Waals surface area contributed by atoms with Crippen LogP contribution >= 0.6 is 0 Å². The lowest BCUT2D eigenvalue weighted by Crippen LogP contribution is -2.28. The lowest BCUT2D eigenvalue weighted by Gasteiger charge is -2.25. The first-order chi connectivity index (χ1) is 10.1. The zero-order valence-corrected chi connectivity index (χ0v) is 14.0. The Labute approximate surface area is 129 Å². The molecule has 21 heavy (non-hydrogen) atoms. The lowest BCUT2D eigenvalue weighted by atomic mass is 10.1. The SMILES string of the molecule is CCCC(C)N(C)Cc1cc(CNC2CC2)ccc1OC. The minimum Gasteiger partial charge on any atom is -0.496 e. The third kappa shape index (κ3) is 5.01. The largest absolute Gasteiger partial charge is 0.496 e. The average molecular weight is 290 g/mol. The van der Waals surface area contributed by atoms with Crippen molar-refractivity contribution in [1.82, 2.24) is 10.2 Å². The van der Waals surface area contributed by atoms with Crippen molar-refractivity contribution in [3.8, 4) is 5.75 Å². The first-order valence-corrected chi connectivity index (χ1v) is 8.23. The quantitative estimate of drug-likeness (QED) is 0.752. The van der Waals surface area contributed by atoms with E-state index in [2.05, 4.69) is 49.3 Å². The Hall–Kier alpha value is -1.06. The molecule has 1 aromatic rings. The highest BCUT2D eigenvalue weighted by Gasteiger charge is 2.20. The van der Waals surface area contributed by atoms with Gasteiger partial charge < -0.3 is 10.1 Å². The summed E-state index contributed by atoms with van der Waals surface area (Å²) in [6.07, 6.45) is 5.14. The second kappa shape index (κ2) is 7.81. The summed E-state index contributed by atoms with van der Waals surface area (Å²) in [6, 6.07) is 7.93. The van der Waals surface area contributed by atoms with E-state index in [0.717, 1.165) is 24.9 Å². The van der Waals surface area contributed by atoms with Crippen LogP contribution in [0.15, 0.2) is 18.2 Å². The zero-order chi connectivity index (χ0) is 15.2. The van der Waals surface area contributed by atoms with Crippen molar-refractivity contribution in [2.24, 2.45) is 0 Å². The second-order valence-electron chi connectivity index (χ2n) is 6.35. The summed E-state index contributed by atoms with van der Waals surface area (Å²) in [7, 11) is 3.96. The summed E-state index contributed by atoms with van der Waals surface area (Å²) < 4.78 is 5.53. The van der Waals surface area contributed by atoms with Crippen LogP contribution in [0.2, 0.25) is 0 Å². The summed E-state index contributed by atoms with van der Waals surface area (Å²) >= 11 is 0. The van der Waals surface area contributed by atoms with Crippen molar-refractivity contribution >= 4 is 0 Å². The molecule has 118 valence electrons. The predicted octanol–water partition coefficient (Wildman–Crippen LogP) is 3.57. The minimum absolute atomic E-state index is 0.605. The number of hydrogen-bond donors (Lipinski definition) is 1. The maximum Gasteiger partial charge on any atom is 0.123 e. The molecule has 0 bridgehead atoms. The second-order valence-corrected chi connectivity index (χ2v) is 6.35. The molecule has 1 N–H and O–H groups in total. The van der Waals surface area contributed by atoms with Gasteiger partial charge in [-0.2, -0.15) is 0 Å². The third-order valence-electron chi connectivity index (χ3n) is 4.40. The molecule has 0 heterocycles. The van der Waals surface area contributed by atoms with Gasteiger partial charge in [0.1, 0.15) is 5.75 Å². The van der Waals surface area contributed by atoms with Crippen LogP contribution in [-0.2, 0) is 13.1 Å². The first-order valence-electron chi connectivity index (χ1n) is 8.23. The number of ether oxygens (including phenoxy) is 1. The molecular formula is C18H30N2O. The number of benzene rings is 1. The standard InChI is InChI=1S/C18H30N2O/c1-5-6-14(2)20(3)13-16-11-15(7-10-18(16)21-4)12-19-17-8-9-17/h7,10-11,14,17,19H,5-6,8-9,12-13H2,1-4H3. The summed E-state index contributed by atoms with van der Waals surface area (Å²) in [5.41, 5.74) is 2.65. The van der Waals surface area contributed by atoms with Gasteiger partial charge in [-0.3, -0.25) is 4.90 Å². The van der Waals surface area contributed by atoms with Crippen molar-refractivity contribution in [2.75, 3.05) is 14.2 Å². The summed E-state index contributed by atoms with van der Waals surface area (Å²) in [5, 5.41) is 3.58. The Kier molecular flexibility index (Phi) is 6.07. The fourth-order valence-electron chi connectivity index (χ4n) is 2.68. The number of hydrogen-bond acceptors (Lipinski definition) is 3. The first kappa shape index (κ1) is 16.3. The molecule has 1 unspecified atom stereocenters. The van der Waals surface area contributed by atoms with E-state index in [9.17, 15) is 0 Å². The van der Waals surface area contributed by atoms with E-state index in [1.165, 1.54) is 36.8 Å². The Morgan fingerprint density at radius 3 is 2.76 bits per heavy atom. The van der Waals surface area contributed by atoms with E-state index >= 15 is 0 Å². The van der Waals surface area contributed by atoms with E-state index in [1.807, 2.05) is 0 Å². The molecule has 1 aliphatic rings. The van der Waals surface area contributed by atoms with Gasteiger partial charge in [0, 0.05) is 30.7 Å². The van der Waals surface area contributed by atoms with Crippen LogP contribution in [0.3, 0.4) is 0 Å². The van der Waals surface area contributed by atoms with Crippen LogP contribution in [0.4, 0.5) is 0 Å². The van der Waals surface area contributed by atoms with E-state index in [0.29, 0.717) is 6.04 Å². The van der Waals surface area contributed by atoms with E-state index in [1.54, 1.807) is 7.11 Å². The van der Waals surface area contributed by atoms with Crippen LogP contribution in [0, 0.1) is 0 Å². The molecule has 0 spiro atoms. The molecule has 1 saturated carbocycles. The highest BCUT2D eigenvalue weighted by atomic mass is 16.5. The molecule has 1 fully saturated rings. The molecule has 0 aromatic heterocycles. The zero-order valence-electron chi connectivity index (χ0n) is 14.0. The van der Waals surface area contributed by atoms with Gasteiger partial charge in [0.05, 0.1) is 7.11 Å². The maximum absolute atomic E-state index is 5.53. The van der Waals surface area contributed by atoms with E-state index in [-0.39, 0.29) is 0 Å². The highest BCUT2D eigenvalue weighted by Crippen LogP contribution is 2.24. The van der Waals surface area contributed by atoms with Crippen LogP contribution < -0.4 is 10.1 Å². The van der Waals surface area contributed by atoms with Gasteiger partial charge in [-0.05, 0) is 50.9 Å². The fraction of sp³-hybridized carbons (Fsp3) is 0.667. The van der Waals surface area contributed by atoms with Crippen molar-refractivity contribution < 1.29 is 4.74 Å². The summed E-state index contributed by atoms with van der Waals surface area (Å²) in [4.78, 5) is 2.42. The summed E-state index contributed by atoms with van der Waals surface area (Å²) in [6.45, 7) is 6.46. The van der Waals surface area contributed by atoms with Gasteiger partial charge in [0.2, 0.25) is 0 Å². The number of methoxy groups -OCH3 is 1. The molecule has 0 aliphatic heterocycles. The highest BCUT2D eigenvalue weighted by molar-refractivity contribution is 5.37. The van der Waals surface area contributed by atoms with E-state index in [4.69, 9.17) is 4.74 Å². The molecular weight excluding hydrogens is 260 g/mol. The van der Waals surface area contributed by atoms with Crippen LogP contribution in [0.25, 0.3) is 0 Å². The Bertz CT molecular complexity index is 443. The van der Waals surface area contributed by atoms with Crippen LogP contribution in [0.5, 0.6) is 5.75 Å². The topological polar surface area (TPSA) is 24.5 Å². The molecule has 3 nitrogen and oxygen atoms in total. The average Bonchev–Trinajstić information content (AvgIpc) is 3.29. The van der Waals surface area contributed by atoms with Gasteiger partial charge in [0.25, 0.3) is 0 Å². The van der Waals surface area contributed by atoms with Crippen molar-refractivity contribution in [2.45, 2.75) is 64.7 Å². The number of nitrogens with zero attached hydrogens (tertiary/aromatic N) is 1. The minimum atomic E-state index is 0.605. The molecule has 1 aliphatic carbocycles. The molecule has 0 amide bonds. The van der Waals surface area contributed by atoms with Gasteiger partial charge in [-0.25, -0.2) is 0 Å². The van der Waals surface area contributed by atoms with Crippen molar-refractivity contribution in [3.63, 3.8) is 0 Å². The van der Waals surface area contributed by atoms with Crippen molar-refractivity contribution in [3.05, 3.63) is 29.3 Å². The molecule has 1 aromatic carbocycles. The fourth-order valence-corrected chi connectivity index (χ4v) is 2.68. The molecule has 2 rings (SSSR count). The smallest absolute Gasteiger partial charge is 0.123 e. The number of rotatable bonds is 9. The third-order valence-corrected chi connectivity index (χ3v) is 4.40. The van der Waals surface area contributed by atoms with Gasteiger partial charge >= 0.3 is 0 Å². The predicted molar refractivity (Wildman–Crippen MR) is 88.7 cm³/mol. The number of nitrogens with one attached hydrogen (secondary N) is 1.